The van der Waals surface area contributed by atoms with Gasteiger partial charge >= 0.3 is 5.91 Å². The molecule has 0 radical (unpaired) electrons. The van der Waals surface area contributed by atoms with Crippen LogP contribution in [0.5, 0.6) is 0 Å². The van der Waals surface area contributed by atoms with E-state index >= 15 is 0 Å². The van der Waals surface area contributed by atoms with Gasteiger partial charge in [0.15, 0.2) is 6.20 Å². The molecule has 0 fully saturated rings. The molecule has 1 aliphatic carbocycles. The lowest BCUT2D eigenvalue weighted by atomic mass is 10.1. The smallest absolute Gasteiger partial charge is 0.214 e. The Labute approximate surface area is 123 Å². The Bertz CT molecular complexity index is 837. The average molecular weight is 272 g/mol. The van der Waals surface area contributed by atoms with E-state index in [9.17, 15) is 4.79 Å². The van der Waals surface area contributed by atoms with Crippen molar-refractivity contribution in [1.29, 1.82) is 0 Å². The van der Waals surface area contributed by atoms with Crippen LogP contribution in [0.25, 0.3) is 11.1 Å². The van der Waals surface area contributed by atoms with Gasteiger partial charge in [-0.2, -0.15) is 0 Å². The summed E-state index contributed by atoms with van der Waals surface area (Å²) in [6.07, 6.45) is 2.67. The minimum atomic E-state index is 0.0280. The first kappa shape index (κ1) is 12.0. The van der Waals surface area contributed by atoms with E-state index in [1.54, 1.807) is 4.57 Å². The van der Waals surface area contributed by atoms with Crippen LogP contribution in [0.2, 0.25) is 0 Å². The number of nitrogens with zero attached hydrogens (tertiary/aromatic N) is 1. The van der Waals surface area contributed by atoms with Crippen LogP contribution < -0.4 is 4.57 Å². The Morgan fingerprint density at radius 3 is 2.38 bits per heavy atom. The molecule has 4 rings (SSSR count). The van der Waals surface area contributed by atoms with Gasteiger partial charge in [-0.1, -0.05) is 42.5 Å². The van der Waals surface area contributed by atoms with E-state index in [2.05, 4.69) is 18.2 Å². The Morgan fingerprint density at radius 1 is 0.810 bits per heavy atom. The zero-order valence-corrected chi connectivity index (χ0v) is 11.5. The summed E-state index contributed by atoms with van der Waals surface area (Å²) >= 11 is 0. The SMILES string of the molecule is O=C(c1ccccc1)[n+]1cccc2c1Cc1ccccc1-2. The van der Waals surface area contributed by atoms with Gasteiger partial charge in [0.25, 0.3) is 0 Å². The highest BCUT2D eigenvalue weighted by molar-refractivity contribution is 5.88. The van der Waals surface area contributed by atoms with E-state index in [1.165, 1.54) is 11.1 Å². The summed E-state index contributed by atoms with van der Waals surface area (Å²) < 4.78 is 1.78. The minimum Gasteiger partial charge on any atom is -0.214 e. The molecule has 0 aliphatic heterocycles. The largest absolute Gasteiger partial charge is 0.424 e. The fourth-order valence-corrected chi connectivity index (χ4v) is 2.99. The number of hydrogen-bond acceptors (Lipinski definition) is 1. The van der Waals surface area contributed by atoms with Gasteiger partial charge in [-0.15, -0.1) is 4.57 Å². The highest BCUT2D eigenvalue weighted by Gasteiger charge is 2.30. The number of carbonyl (C=O) groups is 1. The summed E-state index contributed by atoms with van der Waals surface area (Å²) in [5.41, 5.74) is 5.48. The van der Waals surface area contributed by atoms with Crippen LogP contribution in [0.4, 0.5) is 0 Å². The fourth-order valence-electron chi connectivity index (χ4n) is 2.99. The van der Waals surface area contributed by atoms with Crippen LogP contribution in [0.1, 0.15) is 21.6 Å². The van der Waals surface area contributed by atoms with E-state index in [4.69, 9.17) is 0 Å². The van der Waals surface area contributed by atoms with Crippen molar-refractivity contribution >= 4 is 5.91 Å². The van der Waals surface area contributed by atoms with Crippen LogP contribution in [-0.2, 0) is 6.42 Å². The first-order valence-electron chi connectivity index (χ1n) is 7.06. The van der Waals surface area contributed by atoms with Crippen LogP contribution in [0.15, 0.2) is 72.9 Å². The molecule has 2 aromatic carbocycles. The number of benzene rings is 2. The summed E-state index contributed by atoms with van der Waals surface area (Å²) in [7, 11) is 0. The first-order chi connectivity index (χ1) is 10.3. The zero-order valence-electron chi connectivity index (χ0n) is 11.5. The monoisotopic (exact) mass is 272 g/mol. The standard InChI is InChI=1S/C19H14NO/c21-19(14-7-2-1-3-8-14)20-12-6-11-17-16-10-5-4-9-15(16)13-18(17)20/h1-12H,13H2/q+1. The molecule has 0 amide bonds. The van der Waals surface area contributed by atoms with E-state index in [-0.39, 0.29) is 5.91 Å². The number of pyridine rings is 1. The van der Waals surface area contributed by atoms with Crippen molar-refractivity contribution in [2.45, 2.75) is 6.42 Å². The number of carbonyl (C=O) groups excluding carboxylic acids is 1. The van der Waals surface area contributed by atoms with Gasteiger partial charge in [-0.05, 0) is 29.3 Å². The summed E-state index contributed by atoms with van der Waals surface area (Å²) in [5, 5.41) is 0. The third-order valence-corrected chi connectivity index (χ3v) is 4.00. The molecule has 0 atom stereocenters. The summed E-state index contributed by atoms with van der Waals surface area (Å²) in [6.45, 7) is 0. The predicted octanol–water partition coefficient (Wildman–Crippen LogP) is 3.23. The van der Waals surface area contributed by atoms with Crippen molar-refractivity contribution in [3.8, 4) is 11.1 Å². The van der Waals surface area contributed by atoms with Gasteiger partial charge in [-0.25, -0.2) is 4.79 Å². The molecule has 0 unspecified atom stereocenters. The summed E-state index contributed by atoms with van der Waals surface area (Å²) in [4.78, 5) is 12.7. The molecule has 1 aromatic heterocycles. The van der Waals surface area contributed by atoms with Crippen LogP contribution in [0, 0.1) is 0 Å². The van der Waals surface area contributed by atoms with E-state index < -0.39 is 0 Å². The van der Waals surface area contributed by atoms with Gasteiger partial charge in [0.1, 0.15) is 0 Å². The molecule has 0 spiro atoms. The van der Waals surface area contributed by atoms with Crippen molar-refractivity contribution in [3.63, 3.8) is 0 Å². The zero-order chi connectivity index (χ0) is 14.2. The molecular weight excluding hydrogens is 258 g/mol. The first-order valence-corrected chi connectivity index (χ1v) is 7.06. The molecule has 0 saturated carbocycles. The Morgan fingerprint density at radius 2 is 1.52 bits per heavy atom. The van der Waals surface area contributed by atoms with Crippen molar-refractivity contribution < 1.29 is 9.36 Å². The number of rotatable bonds is 1. The molecule has 3 aromatic rings. The maximum atomic E-state index is 12.7. The second-order valence-corrected chi connectivity index (χ2v) is 5.24. The molecule has 100 valence electrons. The second-order valence-electron chi connectivity index (χ2n) is 5.24. The predicted molar refractivity (Wildman–Crippen MR) is 81.0 cm³/mol. The molecule has 0 saturated heterocycles. The van der Waals surface area contributed by atoms with E-state index in [0.29, 0.717) is 5.56 Å². The summed E-state index contributed by atoms with van der Waals surface area (Å²) in [5.74, 6) is 0.0280. The van der Waals surface area contributed by atoms with Crippen molar-refractivity contribution in [1.82, 2.24) is 0 Å². The molecular formula is C19H14NO+. The van der Waals surface area contributed by atoms with Gasteiger partial charge < -0.3 is 0 Å². The van der Waals surface area contributed by atoms with Gasteiger partial charge in [-0.3, -0.25) is 0 Å². The minimum absolute atomic E-state index is 0.0280. The lowest BCUT2D eigenvalue weighted by Crippen LogP contribution is -2.46. The Kier molecular flexibility index (Phi) is 2.68. The highest BCUT2D eigenvalue weighted by Crippen LogP contribution is 2.34. The van der Waals surface area contributed by atoms with Crippen molar-refractivity contribution in [3.05, 3.63) is 89.7 Å². The molecule has 1 heterocycles. The normalized spacial score (nSPS) is 11.8. The molecule has 0 N–H and O–H groups in total. The Hall–Kier alpha value is -2.74. The topological polar surface area (TPSA) is 20.9 Å². The van der Waals surface area contributed by atoms with E-state index in [0.717, 1.165) is 17.7 Å². The summed E-state index contributed by atoms with van der Waals surface area (Å²) in [6, 6.07) is 21.8. The highest BCUT2D eigenvalue weighted by atomic mass is 16.2. The molecule has 1 aliphatic rings. The fraction of sp³-hybridized carbons (Fsp3) is 0.0526. The quantitative estimate of drug-likeness (QED) is 0.487. The van der Waals surface area contributed by atoms with Gasteiger partial charge in [0.2, 0.25) is 5.69 Å². The van der Waals surface area contributed by atoms with Crippen molar-refractivity contribution in [2.24, 2.45) is 0 Å². The Balaban J connectivity index is 1.86. The average Bonchev–Trinajstić information content (AvgIpc) is 2.94. The number of hydrogen-bond donors (Lipinski definition) is 0. The molecule has 2 nitrogen and oxygen atoms in total. The van der Waals surface area contributed by atoms with Crippen LogP contribution in [0.3, 0.4) is 0 Å². The lowest BCUT2D eigenvalue weighted by Gasteiger charge is -2.01. The molecule has 0 bridgehead atoms. The van der Waals surface area contributed by atoms with Gasteiger partial charge in [0, 0.05) is 6.07 Å². The second kappa shape index (κ2) is 4.67. The maximum absolute atomic E-state index is 12.7. The molecule has 21 heavy (non-hydrogen) atoms. The lowest BCUT2D eigenvalue weighted by molar-refractivity contribution is -0.578. The number of aromatic nitrogens is 1. The van der Waals surface area contributed by atoms with Crippen molar-refractivity contribution in [2.75, 3.05) is 0 Å². The third kappa shape index (κ3) is 1.88. The third-order valence-electron chi connectivity index (χ3n) is 4.00. The number of fused-ring (bicyclic) bond motifs is 3. The van der Waals surface area contributed by atoms with Gasteiger partial charge in [0.05, 0.1) is 17.5 Å². The maximum Gasteiger partial charge on any atom is 0.424 e. The van der Waals surface area contributed by atoms with E-state index in [1.807, 2.05) is 54.7 Å². The molecule has 2 heteroatoms. The van der Waals surface area contributed by atoms with Crippen LogP contribution >= 0.6 is 0 Å². The van der Waals surface area contributed by atoms with Crippen LogP contribution in [-0.4, -0.2) is 5.91 Å².